The maximum atomic E-state index is 5.19. The molecule has 0 radical (unpaired) electrons. The molecule has 2 unspecified atom stereocenters. The number of nitrogens with one attached hydrogen (secondary N) is 1. The summed E-state index contributed by atoms with van der Waals surface area (Å²) in [7, 11) is 1.71. The Labute approximate surface area is 111 Å². The second-order valence-electron chi connectivity index (χ2n) is 5.67. The molecule has 1 aromatic rings. The van der Waals surface area contributed by atoms with Gasteiger partial charge in [0.2, 0.25) is 0 Å². The number of rotatable bonds is 5. The Hall–Kier alpha value is -1.02. The third-order valence-corrected chi connectivity index (χ3v) is 4.48. The average Bonchev–Trinajstić information content (AvgIpc) is 2.78. The SMILES string of the molecule is CCC1NCCC1(C)CCc1ccc(OC)cc1. The van der Waals surface area contributed by atoms with Gasteiger partial charge in [-0.2, -0.15) is 0 Å². The van der Waals surface area contributed by atoms with Gasteiger partial charge < -0.3 is 10.1 Å². The second-order valence-corrected chi connectivity index (χ2v) is 5.67. The van der Waals surface area contributed by atoms with Gasteiger partial charge >= 0.3 is 0 Å². The molecule has 100 valence electrons. The first kappa shape index (κ1) is 13.4. The van der Waals surface area contributed by atoms with Crippen molar-refractivity contribution < 1.29 is 4.74 Å². The average molecular weight is 247 g/mol. The zero-order valence-corrected chi connectivity index (χ0v) is 11.8. The third kappa shape index (κ3) is 2.86. The van der Waals surface area contributed by atoms with Gasteiger partial charge in [-0.3, -0.25) is 0 Å². The van der Waals surface area contributed by atoms with E-state index in [4.69, 9.17) is 4.74 Å². The molecule has 2 atom stereocenters. The summed E-state index contributed by atoms with van der Waals surface area (Å²) in [6.07, 6.45) is 4.98. The highest BCUT2D eigenvalue weighted by atomic mass is 16.5. The number of ether oxygens (including phenoxy) is 1. The first-order valence-electron chi connectivity index (χ1n) is 7.04. The molecule has 2 nitrogen and oxygen atoms in total. The molecule has 1 aromatic carbocycles. The summed E-state index contributed by atoms with van der Waals surface area (Å²) in [6.45, 7) is 5.90. The fourth-order valence-electron chi connectivity index (χ4n) is 3.11. The lowest BCUT2D eigenvalue weighted by Gasteiger charge is -2.30. The van der Waals surface area contributed by atoms with Crippen molar-refractivity contribution in [1.82, 2.24) is 5.32 Å². The highest BCUT2D eigenvalue weighted by Crippen LogP contribution is 2.37. The molecule has 18 heavy (non-hydrogen) atoms. The number of methoxy groups -OCH3 is 1. The van der Waals surface area contributed by atoms with Crippen LogP contribution in [0.2, 0.25) is 0 Å². The van der Waals surface area contributed by atoms with Crippen molar-refractivity contribution in [3.8, 4) is 5.75 Å². The Morgan fingerprint density at radius 2 is 2.06 bits per heavy atom. The molecule has 1 aliphatic heterocycles. The molecule has 1 saturated heterocycles. The van der Waals surface area contributed by atoms with Crippen LogP contribution in [0.15, 0.2) is 24.3 Å². The van der Waals surface area contributed by atoms with Crippen LogP contribution in [0.25, 0.3) is 0 Å². The molecule has 1 N–H and O–H groups in total. The summed E-state index contributed by atoms with van der Waals surface area (Å²) < 4.78 is 5.19. The number of benzene rings is 1. The molecule has 0 aliphatic carbocycles. The highest BCUT2D eigenvalue weighted by Gasteiger charge is 2.36. The zero-order valence-electron chi connectivity index (χ0n) is 11.8. The first-order valence-corrected chi connectivity index (χ1v) is 7.04. The van der Waals surface area contributed by atoms with Gasteiger partial charge in [0.1, 0.15) is 5.75 Å². The van der Waals surface area contributed by atoms with Crippen LogP contribution in [0.4, 0.5) is 0 Å². The number of aryl methyl sites for hydroxylation is 1. The van der Waals surface area contributed by atoms with E-state index in [9.17, 15) is 0 Å². The topological polar surface area (TPSA) is 21.3 Å². The minimum atomic E-state index is 0.467. The summed E-state index contributed by atoms with van der Waals surface area (Å²) in [5.41, 5.74) is 1.88. The molecule has 1 fully saturated rings. The van der Waals surface area contributed by atoms with E-state index < -0.39 is 0 Å². The molecule has 2 rings (SSSR count). The lowest BCUT2D eigenvalue weighted by Crippen LogP contribution is -2.34. The lowest BCUT2D eigenvalue weighted by atomic mass is 9.77. The van der Waals surface area contributed by atoms with Crippen LogP contribution in [-0.2, 0) is 6.42 Å². The summed E-state index contributed by atoms with van der Waals surface area (Å²) in [5.74, 6) is 0.943. The van der Waals surface area contributed by atoms with Gasteiger partial charge in [0.15, 0.2) is 0 Å². The molecule has 0 bridgehead atoms. The molecule has 0 aromatic heterocycles. The number of hydrogen-bond acceptors (Lipinski definition) is 2. The van der Waals surface area contributed by atoms with E-state index in [1.54, 1.807) is 7.11 Å². The van der Waals surface area contributed by atoms with Gasteiger partial charge in [-0.1, -0.05) is 26.0 Å². The normalized spacial score (nSPS) is 27.4. The largest absolute Gasteiger partial charge is 0.497 e. The Bertz CT molecular complexity index is 373. The van der Waals surface area contributed by atoms with Crippen molar-refractivity contribution in [2.75, 3.05) is 13.7 Å². The Kier molecular flexibility index (Phi) is 4.28. The number of hydrogen-bond donors (Lipinski definition) is 1. The van der Waals surface area contributed by atoms with Gasteiger partial charge in [0, 0.05) is 6.04 Å². The summed E-state index contributed by atoms with van der Waals surface area (Å²) in [5, 5.41) is 3.63. The van der Waals surface area contributed by atoms with E-state index >= 15 is 0 Å². The van der Waals surface area contributed by atoms with Crippen molar-refractivity contribution in [3.63, 3.8) is 0 Å². The maximum Gasteiger partial charge on any atom is 0.118 e. The van der Waals surface area contributed by atoms with E-state index in [0.29, 0.717) is 11.5 Å². The van der Waals surface area contributed by atoms with Crippen molar-refractivity contribution in [2.24, 2.45) is 5.41 Å². The van der Waals surface area contributed by atoms with Gasteiger partial charge in [-0.05, 0) is 55.3 Å². The van der Waals surface area contributed by atoms with Crippen LogP contribution < -0.4 is 10.1 Å². The summed E-state index contributed by atoms with van der Waals surface area (Å²) in [6, 6.07) is 9.18. The molecule has 0 saturated carbocycles. The van der Waals surface area contributed by atoms with Gasteiger partial charge in [-0.25, -0.2) is 0 Å². The first-order chi connectivity index (χ1) is 8.68. The third-order valence-electron chi connectivity index (χ3n) is 4.48. The predicted octanol–water partition coefficient (Wildman–Crippen LogP) is 3.41. The molecule has 1 aliphatic rings. The fraction of sp³-hybridized carbons (Fsp3) is 0.625. The second kappa shape index (κ2) is 5.75. The highest BCUT2D eigenvalue weighted by molar-refractivity contribution is 5.27. The van der Waals surface area contributed by atoms with Crippen molar-refractivity contribution in [3.05, 3.63) is 29.8 Å². The van der Waals surface area contributed by atoms with E-state index in [1.165, 1.54) is 37.8 Å². The quantitative estimate of drug-likeness (QED) is 0.861. The monoisotopic (exact) mass is 247 g/mol. The molecule has 2 heteroatoms. The van der Waals surface area contributed by atoms with Crippen molar-refractivity contribution in [2.45, 2.75) is 45.6 Å². The van der Waals surface area contributed by atoms with Crippen LogP contribution in [0, 0.1) is 5.41 Å². The van der Waals surface area contributed by atoms with Crippen molar-refractivity contribution >= 4 is 0 Å². The smallest absolute Gasteiger partial charge is 0.118 e. The van der Waals surface area contributed by atoms with Crippen LogP contribution in [0.5, 0.6) is 5.75 Å². The van der Waals surface area contributed by atoms with Crippen LogP contribution >= 0.6 is 0 Å². The Morgan fingerprint density at radius 1 is 1.33 bits per heavy atom. The van der Waals surface area contributed by atoms with Gasteiger partial charge in [0.25, 0.3) is 0 Å². The minimum Gasteiger partial charge on any atom is -0.497 e. The van der Waals surface area contributed by atoms with Crippen LogP contribution in [0.1, 0.15) is 38.7 Å². The maximum absolute atomic E-state index is 5.19. The van der Waals surface area contributed by atoms with Gasteiger partial charge in [0.05, 0.1) is 7.11 Å². The molecule has 0 amide bonds. The van der Waals surface area contributed by atoms with Crippen molar-refractivity contribution in [1.29, 1.82) is 0 Å². The summed E-state index contributed by atoms with van der Waals surface area (Å²) >= 11 is 0. The fourth-order valence-corrected chi connectivity index (χ4v) is 3.11. The van der Waals surface area contributed by atoms with Crippen LogP contribution in [-0.4, -0.2) is 19.7 Å². The molecule has 0 spiro atoms. The minimum absolute atomic E-state index is 0.467. The van der Waals surface area contributed by atoms with E-state index in [0.717, 1.165) is 5.75 Å². The Balaban J connectivity index is 1.93. The summed E-state index contributed by atoms with van der Waals surface area (Å²) in [4.78, 5) is 0. The lowest BCUT2D eigenvalue weighted by molar-refractivity contribution is 0.251. The van der Waals surface area contributed by atoms with E-state index in [-0.39, 0.29) is 0 Å². The van der Waals surface area contributed by atoms with E-state index in [2.05, 4.69) is 43.4 Å². The van der Waals surface area contributed by atoms with Gasteiger partial charge in [-0.15, -0.1) is 0 Å². The van der Waals surface area contributed by atoms with E-state index in [1.807, 2.05) is 0 Å². The van der Waals surface area contributed by atoms with Crippen LogP contribution in [0.3, 0.4) is 0 Å². The predicted molar refractivity (Wildman–Crippen MR) is 76.1 cm³/mol. The molecular formula is C16H25NO. The molecular weight excluding hydrogens is 222 g/mol. The zero-order chi connectivity index (χ0) is 13.0. The Morgan fingerprint density at radius 3 is 2.67 bits per heavy atom. The standard InChI is InChI=1S/C16H25NO/c1-4-15-16(2,11-12-17-15)10-9-13-5-7-14(18-3)8-6-13/h5-8,15,17H,4,9-12H2,1-3H3. The molecule has 1 heterocycles.